The smallest absolute Gasteiger partial charge is 0.303 e. The molecule has 10 nitrogen and oxygen atoms in total. The normalized spacial score (nSPS) is 28.4. The summed E-state index contributed by atoms with van der Waals surface area (Å²) in [7, 11) is 0. The molecule has 0 bridgehead atoms. The lowest BCUT2D eigenvalue weighted by atomic mass is 9.99. The van der Waals surface area contributed by atoms with Crippen molar-refractivity contribution in [3.05, 3.63) is 10.4 Å². The van der Waals surface area contributed by atoms with E-state index < -0.39 is 47.8 Å². The Bertz CT molecular complexity index is 553. The second kappa shape index (κ2) is 10.1. The molecule has 0 amide bonds. The van der Waals surface area contributed by atoms with E-state index in [1.165, 1.54) is 32.5 Å². The molecule has 1 heterocycles. The van der Waals surface area contributed by atoms with Crippen molar-refractivity contribution in [2.24, 2.45) is 5.11 Å². The monoisotopic (exact) mass is 375 g/mol. The van der Waals surface area contributed by atoms with Crippen molar-refractivity contribution in [1.82, 2.24) is 0 Å². The molecule has 1 aliphatic rings. The minimum absolute atomic E-state index is 0.139. The van der Waals surface area contributed by atoms with Crippen LogP contribution in [0.3, 0.4) is 0 Å². The average Bonchev–Trinajstić information content (AvgIpc) is 2.50. The molecule has 11 heteroatoms. The van der Waals surface area contributed by atoms with E-state index in [-0.39, 0.29) is 6.54 Å². The first kappa shape index (κ1) is 21.1. The zero-order valence-corrected chi connectivity index (χ0v) is 15.2. The Hall–Kier alpha value is -1.97. The van der Waals surface area contributed by atoms with Crippen LogP contribution in [-0.4, -0.2) is 60.1 Å². The van der Waals surface area contributed by atoms with E-state index in [1.807, 2.05) is 6.92 Å². The number of hydrogen-bond acceptors (Lipinski definition) is 9. The molecule has 0 spiro atoms. The van der Waals surface area contributed by atoms with E-state index in [1.54, 1.807) is 0 Å². The third-order valence-corrected chi connectivity index (χ3v) is 4.19. The van der Waals surface area contributed by atoms with Crippen LogP contribution in [0.25, 0.3) is 10.4 Å². The first-order chi connectivity index (χ1) is 11.8. The van der Waals surface area contributed by atoms with Gasteiger partial charge in [0.15, 0.2) is 18.3 Å². The fraction of sp³-hybridized carbons (Fsp3) is 0.786. The number of hydrogen-bond donors (Lipinski definition) is 0. The van der Waals surface area contributed by atoms with Gasteiger partial charge in [0, 0.05) is 25.7 Å². The summed E-state index contributed by atoms with van der Waals surface area (Å²) in [5, 5.41) is 3.45. The van der Waals surface area contributed by atoms with E-state index in [0.29, 0.717) is 5.75 Å². The average molecular weight is 375 g/mol. The van der Waals surface area contributed by atoms with Crippen molar-refractivity contribution in [3.63, 3.8) is 0 Å². The van der Waals surface area contributed by atoms with Gasteiger partial charge >= 0.3 is 17.9 Å². The minimum atomic E-state index is -1.08. The minimum Gasteiger partial charge on any atom is -0.456 e. The number of esters is 3. The molecular weight excluding hydrogens is 354 g/mol. The number of rotatable bonds is 7. The van der Waals surface area contributed by atoms with Gasteiger partial charge < -0.3 is 18.9 Å². The highest BCUT2D eigenvalue weighted by Gasteiger charge is 2.51. The molecule has 25 heavy (non-hydrogen) atoms. The molecule has 0 aliphatic carbocycles. The number of nitrogens with zero attached hydrogens (tertiary/aromatic N) is 3. The van der Waals surface area contributed by atoms with E-state index in [2.05, 4.69) is 10.0 Å². The second-order valence-electron chi connectivity index (χ2n) is 5.13. The van der Waals surface area contributed by atoms with Gasteiger partial charge in [0.1, 0.15) is 11.5 Å². The van der Waals surface area contributed by atoms with Gasteiger partial charge in [-0.3, -0.25) is 14.4 Å². The highest BCUT2D eigenvalue weighted by atomic mass is 32.2. The van der Waals surface area contributed by atoms with E-state index in [4.69, 9.17) is 24.5 Å². The van der Waals surface area contributed by atoms with Crippen LogP contribution < -0.4 is 0 Å². The summed E-state index contributed by atoms with van der Waals surface area (Å²) < 4.78 is 21.6. The third-order valence-electron chi connectivity index (χ3n) is 3.15. The molecular formula is C14H21N3O7S. The van der Waals surface area contributed by atoms with Gasteiger partial charge in [-0.15, -0.1) is 11.8 Å². The topological polar surface area (TPSA) is 137 Å². The molecule has 2 unspecified atom stereocenters. The molecule has 0 aromatic carbocycles. The van der Waals surface area contributed by atoms with E-state index >= 15 is 0 Å². The largest absolute Gasteiger partial charge is 0.456 e. The Morgan fingerprint density at radius 3 is 2.04 bits per heavy atom. The molecule has 0 aromatic rings. The lowest BCUT2D eigenvalue weighted by Gasteiger charge is -2.44. The van der Waals surface area contributed by atoms with Gasteiger partial charge in [-0.2, -0.15) is 0 Å². The van der Waals surface area contributed by atoms with Crippen molar-refractivity contribution >= 4 is 29.7 Å². The van der Waals surface area contributed by atoms with Crippen LogP contribution in [0.4, 0.5) is 0 Å². The molecule has 0 aromatic heterocycles. The zero-order valence-electron chi connectivity index (χ0n) is 14.4. The van der Waals surface area contributed by atoms with Crippen LogP contribution in [-0.2, 0) is 33.3 Å². The Morgan fingerprint density at radius 2 is 1.56 bits per heavy atom. The number of carbonyl (C=O) groups is 3. The summed E-state index contributed by atoms with van der Waals surface area (Å²) in [5.41, 5.74) is 7.87. The highest BCUT2D eigenvalue weighted by molar-refractivity contribution is 7.99. The predicted octanol–water partition coefficient (Wildman–Crippen LogP) is 1.57. The molecule has 0 N–H and O–H groups in total. The van der Waals surface area contributed by atoms with Crippen molar-refractivity contribution in [3.8, 4) is 0 Å². The van der Waals surface area contributed by atoms with Gasteiger partial charge in [0.05, 0.1) is 6.54 Å². The van der Waals surface area contributed by atoms with Crippen molar-refractivity contribution in [1.29, 1.82) is 0 Å². The van der Waals surface area contributed by atoms with Crippen molar-refractivity contribution in [2.75, 3.05) is 12.3 Å². The summed E-state index contributed by atoms with van der Waals surface area (Å²) >= 11 is 1.33. The SMILES string of the molecule is CCS[C@@H]1OC(CN=[N+]=[N-])[C@@H](OC(C)=O)[C@H](OC(C)=O)C1OC(C)=O. The van der Waals surface area contributed by atoms with Gasteiger partial charge in [0.25, 0.3) is 0 Å². The molecule has 0 radical (unpaired) electrons. The predicted molar refractivity (Wildman–Crippen MR) is 87.5 cm³/mol. The first-order valence-corrected chi connectivity index (χ1v) is 8.64. The summed E-state index contributed by atoms with van der Waals surface area (Å²) in [6, 6.07) is 0. The second-order valence-corrected chi connectivity index (χ2v) is 6.51. The Balaban J connectivity index is 3.25. The Kier molecular flexibility index (Phi) is 8.53. The van der Waals surface area contributed by atoms with Crippen LogP contribution >= 0.6 is 11.8 Å². The Labute approximate surface area is 149 Å². The fourth-order valence-corrected chi connectivity index (χ4v) is 3.37. The molecule has 1 saturated heterocycles. The van der Waals surface area contributed by atoms with Gasteiger partial charge in [-0.1, -0.05) is 12.0 Å². The van der Waals surface area contributed by atoms with Gasteiger partial charge in [-0.05, 0) is 11.3 Å². The van der Waals surface area contributed by atoms with Crippen LogP contribution in [0.1, 0.15) is 27.7 Å². The molecule has 5 atom stereocenters. The van der Waals surface area contributed by atoms with E-state index in [0.717, 1.165) is 0 Å². The fourth-order valence-electron chi connectivity index (χ4n) is 2.42. The van der Waals surface area contributed by atoms with Gasteiger partial charge in [0.2, 0.25) is 0 Å². The summed E-state index contributed by atoms with van der Waals surface area (Å²) in [4.78, 5) is 37.1. The van der Waals surface area contributed by atoms with Crippen LogP contribution in [0.5, 0.6) is 0 Å². The van der Waals surface area contributed by atoms with Crippen LogP contribution in [0, 0.1) is 0 Å². The van der Waals surface area contributed by atoms with Gasteiger partial charge in [-0.25, -0.2) is 0 Å². The standard InChI is InChI=1S/C14H21N3O7S/c1-5-25-14-13(23-9(4)20)12(22-8(3)19)11(21-7(2)18)10(24-14)6-16-17-15/h10-14H,5-6H2,1-4H3/t10?,11-,12+,13?,14+/m1/s1. The summed E-state index contributed by atoms with van der Waals surface area (Å²) in [5.74, 6) is -1.24. The van der Waals surface area contributed by atoms with Crippen molar-refractivity contribution in [2.45, 2.75) is 57.5 Å². The summed E-state index contributed by atoms with van der Waals surface area (Å²) in [6.45, 7) is 5.32. The Morgan fingerprint density at radius 1 is 1.04 bits per heavy atom. The third kappa shape index (κ3) is 6.45. The quantitative estimate of drug-likeness (QED) is 0.215. The lowest BCUT2D eigenvalue weighted by Crippen LogP contribution is -2.61. The molecule has 1 rings (SSSR count). The summed E-state index contributed by atoms with van der Waals surface area (Å²) in [6.07, 6.45) is -3.98. The lowest BCUT2D eigenvalue weighted by molar-refractivity contribution is -0.230. The zero-order chi connectivity index (χ0) is 19.0. The van der Waals surface area contributed by atoms with Crippen LogP contribution in [0.2, 0.25) is 0 Å². The number of ether oxygens (including phenoxy) is 4. The van der Waals surface area contributed by atoms with Crippen molar-refractivity contribution < 1.29 is 33.3 Å². The first-order valence-electron chi connectivity index (χ1n) is 7.59. The van der Waals surface area contributed by atoms with E-state index in [9.17, 15) is 14.4 Å². The van der Waals surface area contributed by atoms with Crippen LogP contribution in [0.15, 0.2) is 5.11 Å². The number of thioether (sulfide) groups is 1. The molecule has 140 valence electrons. The highest BCUT2D eigenvalue weighted by Crippen LogP contribution is 2.34. The number of carbonyl (C=O) groups excluding carboxylic acids is 3. The maximum Gasteiger partial charge on any atom is 0.303 e. The maximum atomic E-state index is 11.5. The molecule has 0 saturated carbocycles. The molecule has 1 fully saturated rings. The maximum absolute atomic E-state index is 11.5. The number of azide groups is 1. The molecule has 1 aliphatic heterocycles.